The van der Waals surface area contributed by atoms with Crippen molar-refractivity contribution in [3.8, 4) is 5.75 Å². The van der Waals surface area contributed by atoms with Gasteiger partial charge in [-0.3, -0.25) is 9.88 Å². The molecule has 4 nitrogen and oxygen atoms in total. The molecular formula is C18H23N3O. The molecule has 2 heterocycles. The number of benzene rings is 1. The molecule has 1 saturated heterocycles. The molecule has 0 spiro atoms. The van der Waals surface area contributed by atoms with Crippen molar-refractivity contribution >= 4 is 0 Å². The average Bonchev–Trinajstić information content (AvgIpc) is 2.58. The molecule has 1 N–H and O–H groups in total. The van der Waals surface area contributed by atoms with Gasteiger partial charge in [0.25, 0.3) is 0 Å². The van der Waals surface area contributed by atoms with Crippen molar-refractivity contribution in [2.24, 2.45) is 0 Å². The molecule has 1 atom stereocenters. The largest absolute Gasteiger partial charge is 0.497 e. The van der Waals surface area contributed by atoms with Crippen LogP contribution in [0.25, 0.3) is 0 Å². The fraction of sp³-hybridized carbons (Fsp3) is 0.389. The fourth-order valence-corrected chi connectivity index (χ4v) is 2.94. The summed E-state index contributed by atoms with van der Waals surface area (Å²) in [5.74, 6) is 0.889. The summed E-state index contributed by atoms with van der Waals surface area (Å²) in [6, 6.07) is 12.8. The maximum atomic E-state index is 5.28. The third-order valence-electron chi connectivity index (χ3n) is 4.16. The molecular weight excluding hydrogens is 274 g/mol. The first-order valence-electron chi connectivity index (χ1n) is 7.79. The van der Waals surface area contributed by atoms with Gasteiger partial charge in [0, 0.05) is 32.4 Å². The lowest BCUT2D eigenvalue weighted by Crippen LogP contribution is -2.45. The van der Waals surface area contributed by atoms with Crippen LogP contribution in [0.4, 0.5) is 0 Å². The summed E-state index contributed by atoms with van der Waals surface area (Å²) in [7, 11) is 1.70. The quantitative estimate of drug-likeness (QED) is 0.940. The summed E-state index contributed by atoms with van der Waals surface area (Å²) in [5, 5.41) is 3.42. The van der Waals surface area contributed by atoms with Crippen molar-refractivity contribution in [3.05, 3.63) is 59.4 Å². The first-order valence-corrected chi connectivity index (χ1v) is 7.79. The number of nitrogens with one attached hydrogen (secondary N) is 1. The Labute approximate surface area is 132 Å². The number of ether oxygens (including phenoxy) is 1. The second-order valence-electron chi connectivity index (χ2n) is 5.72. The minimum atomic E-state index is 0.202. The van der Waals surface area contributed by atoms with Gasteiger partial charge in [-0.05, 0) is 36.2 Å². The summed E-state index contributed by atoms with van der Waals surface area (Å²) in [6.45, 7) is 6.19. The maximum Gasteiger partial charge on any atom is 0.118 e. The number of nitrogens with zero attached hydrogens (tertiary/aromatic N) is 2. The Kier molecular flexibility index (Phi) is 4.71. The average molecular weight is 297 g/mol. The van der Waals surface area contributed by atoms with E-state index in [1.54, 1.807) is 7.11 Å². The Bertz CT molecular complexity index is 589. The Balaban J connectivity index is 1.95. The number of pyridine rings is 1. The summed E-state index contributed by atoms with van der Waals surface area (Å²) in [4.78, 5) is 7.18. The third kappa shape index (κ3) is 3.29. The van der Waals surface area contributed by atoms with Crippen LogP contribution in [-0.4, -0.2) is 43.2 Å². The number of hydrogen-bond acceptors (Lipinski definition) is 4. The van der Waals surface area contributed by atoms with Crippen LogP contribution < -0.4 is 10.1 Å². The van der Waals surface area contributed by atoms with E-state index in [9.17, 15) is 0 Å². The molecule has 1 fully saturated rings. The van der Waals surface area contributed by atoms with Crippen LogP contribution in [0.5, 0.6) is 5.75 Å². The van der Waals surface area contributed by atoms with Gasteiger partial charge in [-0.1, -0.05) is 18.2 Å². The zero-order valence-electron chi connectivity index (χ0n) is 13.2. The van der Waals surface area contributed by atoms with Gasteiger partial charge in [0.05, 0.1) is 18.8 Å². The van der Waals surface area contributed by atoms with E-state index in [1.807, 2.05) is 18.3 Å². The van der Waals surface area contributed by atoms with Gasteiger partial charge in [0.1, 0.15) is 5.75 Å². The molecule has 1 aliphatic rings. The highest BCUT2D eigenvalue weighted by atomic mass is 16.5. The van der Waals surface area contributed by atoms with Crippen LogP contribution in [0, 0.1) is 6.92 Å². The molecule has 3 rings (SSSR count). The molecule has 0 radical (unpaired) electrons. The van der Waals surface area contributed by atoms with Crippen molar-refractivity contribution in [3.63, 3.8) is 0 Å². The highest BCUT2D eigenvalue weighted by Gasteiger charge is 2.24. The molecule has 1 aromatic carbocycles. The van der Waals surface area contributed by atoms with E-state index in [0.717, 1.165) is 37.6 Å². The maximum absolute atomic E-state index is 5.28. The van der Waals surface area contributed by atoms with Crippen molar-refractivity contribution in [2.45, 2.75) is 13.0 Å². The van der Waals surface area contributed by atoms with E-state index in [4.69, 9.17) is 4.74 Å². The second kappa shape index (κ2) is 6.90. The van der Waals surface area contributed by atoms with E-state index in [0.29, 0.717) is 0 Å². The predicted molar refractivity (Wildman–Crippen MR) is 88.3 cm³/mol. The van der Waals surface area contributed by atoms with Crippen LogP contribution >= 0.6 is 0 Å². The van der Waals surface area contributed by atoms with Crippen LogP contribution in [0.1, 0.15) is 22.9 Å². The van der Waals surface area contributed by atoms with Gasteiger partial charge in [-0.2, -0.15) is 0 Å². The van der Waals surface area contributed by atoms with E-state index < -0.39 is 0 Å². The van der Waals surface area contributed by atoms with Crippen LogP contribution in [0.15, 0.2) is 42.6 Å². The number of aromatic nitrogens is 1. The lowest BCUT2D eigenvalue weighted by atomic mass is 10.00. The summed E-state index contributed by atoms with van der Waals surface area (Å²) >= 11 is 0. The molecule has 1 aliphatic heterocycles. The Morgan fingerprint density at radius 3 is 2.41 bits per heavy atom. The monoisotopic (exact) mass is 297 g/mol. The Morgan fingerprint density at radius 1 is 1.09 bits per heavy atom. The molecule has 0 amide bonds. The zero-order chi connectivity index (χ0) is 15.4. The molecule has 0 bridgehead atoms. The van der Waals surface area contributed by atoms with Gasteiger partial charge in [0.2, 0.25) is 0 Å². The van der Waals surface area contributed by atoms with E-state index >= 15 is 0 Å². The molecule has 0 saturated carbocycles. The second-order valence-corrected chi connectivity index (χ2v) is 5.72. The lowest BCUT2D eigenvalue weighted by molar-refractivity contribution is 0.195. The van der Waals surface area contributed by atoms with E-state index in [2.05, 4.69) is 46.4 Å². The topological polar surface area (TPSA) is 37.4 Å². The highest BCUT2D eigenvalue weighted by Crippen LogP contribution is 2.29. The number of rotatable bonds is 4. The lowest BCUT2D eigenvalue weighted by Gasteiger charge is -2.35. The number of aryl methyl sites for hydroxylation is 1. The first-order chi connectivity index (χ1) is 10.8. The van der Waals surface area contributed by atoms with Crippen molar-refractivity contribution < 1.29 is 4.74 Å². The Hall–Kier alpha value is -1.91. The predicted octanol–water partition coefficient (Wildman–Crippen LogP) is 2.39. The molecule has 22 heavy (non-hydrogen) atoms. The third-order valence-corrected chi connectivity index (χ3v) is 4.16. The SMILES string of the molecule is COc1ccc(C(c2ccc(C)cn2)N2CCNCC2)cc1. The van der Waals surface area contributed by atoms with Gasteiger partial charge in [0.15, 0.2) is 0 Å². The first kappa shape index (κ1) is 15.0. The summed E-state index contributed by atoms with van der Waals surface area (Å²) in [6.07, 6.45) is 1.95. The van der Waals surface area contributed by atoms with Crippen molar-refractivity contribution in [2.75, 3.05) is 33.3 Å². The van der Waals surface area contributed by atoms with Gasteiger partial charge in [-0.15, -0.1) is 0 Å². The van der Waals surface area contributed by atoms with Gasteiger partial charge in [-0.25, -0.2) is 0 Å². The van der Waals surface area contributed by atoms with Crippen LogP contribution in [0.2, 0.25) is 0 Å². The van der Waals surface area contributed by atoms with Gasteiger partial charge >= 0.3 is 0 Å². The highest BCUT2D eigenvalue weighted by molar-refractivity contribution is 5.34. The molecule has 2 aromatic rings. The number of methoxy groups -OCH3 is 1. The minimum absolute atomic E-state index is 0.202. The van der Waals surface area contributed by atoms with Crippen LogP contribution in [0.3, 0.4) is 0 Å². The standard InChI is InChI=1S/C18H23N3O/c1-14-3-8-17(20-13-14)18(21-11-9-19-10-12-21)15-4-6-16(22-2)7-5-15/h3-8,13,18-19H,9-12H2,1-2H3. The molecule has 4 heteroatoms. The number of piperazine rings is 1. The zero-order valence-corrected chi connectivity index (χ0v) is 13.2. The minimum Gasteiger partial charge on any atom is -0.497 e. The smallest absolute Gasteiger partial charge is 0.118 e. The van der Waals surface area contributed by atoms with Crippen LogP contribution in [-0.2, 0) is 0 Å². The Morgan fingerprint density at radius 2 is 1.82 bits per heavy atom. The molecule has 1 unspecified atom stereocenters. The van der Waals surface area contributed by atoms with Gasteiger partial charge < -0.3 is 10.1 Å². The molecule has 0 aliphatic carbocycles. The van der Waals surface area contributed by atoms with Crippen molar-refractivity contribution in [1.29, 1.82) is 0 Å². The summed E-state index contributed by atoms with van der Waals surface area (Å²) in [5.41, 5.74) is 3.56. The molecule has 1 aromatic heterocycles. The number of hydrogen-bond donors (Lipinski definition) is 1. The normalized spacial score (nSPS) is 17.2. The van der Waals surface area contributed by atoms with Crippen molar-refractivity contribution in [1.82, 2.24) is 15.2 Å². The molecule has 116 valence electrons. The summed E-state index contributed by atoms with van der Waals surface area (Å²) < 4.78 is 5.28. The fourth-order valence-electron chi connectivity index (χ4n) is 2.94. The van der Waals surface area contributed by atoms with E-state index in [1.165, 1.54) is 11.1 Å². The van der Waals surface area contributed by atoms with E-state index in [-0.39, 0.29) is 6.04 Å².